The van der Waals surface area contributed by atoms with Gasteiger partial charge in [-0.2, -0.15) is 9.97 Å². The maximum absolute atomic E-state index is 13.2. The summed E-state index contributed by atoms with van der Waals surface area (Å²) >= 11 is 0. The zero-order valence-electron chi connectivity index (χ0n) is 15.9. The van der Waals surface area contributed by atoms with Gasteiger partial charge in [0.25, 0.3) is 5.91 Å². The SMILES string of the molecule is COc1ccc(OC)c(C2CCCN2C(=O)c2cc(OC)nc(OC)n2)c1. The van der Waals surface area contributed by atoms with Crippen LogP contribution in [0.15, 0.2) is 24.3 Å². The van der Waals surface area contributed by atoms with Crippen molar-refractivity contribution < 1.29 is 23.7 Å². The molecule has 1 aliphatic heterocycles. The van der Waals surface area contributed by atoms with Crippen LogP contribution < -0.4 is 18.9 Å². The Morgan fingerprint density at radius 2 is 1.85 bits per heavy atom. The molecule has 0 saturated carbocycles. The van der Waals surface area contributed by atoms with Crippen LogP contribution in [0, 0.1) is 0 Å². The van der Waals surface area contributed by atoms with E-state index in [4.69, 9.17) is 18.9 Å². The van der Waals surface area contributed by atoms with E-state index in [0.29, 0.717) is 6.54 Å². The Morgan fingerprint density at radius 3 is 2.52 bits per heavy atom. The number of carbonyl (C=O) groups is 1. The first-order chi connectivity index (χ1) is 13.1. The van der Waals surface area contributed by atoms with Gasteiger partial charge >= 0.3 is 6.01 Å². The standard InChI is InChI=1S/C19H23N3O5/c1-24-12-7-8-16(25-2)13(10-12)15-6-5-9-22(15)18(23)14-11-17(26-3)21-19(20-14)27-4/h7-8,10-11,15H,5-6,9H2,1-4H3. The molecule has 0 bridgehead atoms. The largest absolute Gasteiger partial charge is 0.497 e. The van der Waals surface area contributed by atoms with E-state index in [-0.39, 0.29) is 29.5 Å². The number of hydrogen-bond acceptors (Lipinski definition) is 7. The molecule has 1 aromatic carbocycles. The van der Waals surface area contributed by atoms with Gasteiger partial charge in [0.1, 0.15) is 17.2 Å². The number of amides is 1. The van der Waals surface area contributed by atoms with E-state index in [9.17, 15) is 4.79 Å². The van der Waals surface area contributed by atoms with E-state index in [2.05, 4.69) is 9.97 Å². The fourth-order valence-corrected chi connectivity index (χ4v) is 3.29. The highest BCUT2D eigenvalue weighted by molar-refractivity contribution is 5.93. The minimum Gasteiger partial charge on any atom is -0.497 e. The highest BCUT2D eigenvalue weighted by atomic mass is 16.5. The van der Waals surface area contributed by atoms with Crippen molar-refractivity contribution in [2.45, 2.75) is 18.9 Å². The quantitative estimate of drug-likeness (QED) is 0.769. The summed E-state index contributed by atoms with van der Waals surface area (Å²) in [6.07, 6.45) is 1.71. The van der Waals surface area contributed by atoms with Gasteiger partial charge in [0.05, 0.1) is 34.5 Å². The first-order valence-electron chi connectivity index (χ1n) is 8.61. The maximum Gasteiger partial charge on any atom is 0.320 e. The summed E-state index contributed by atoms with van der Waals surface area (Å²) in [6, 6.07) is 7.08. The third kappa shape index (κ3) is 3.74. The first kappa shape index (κ1) is 18.8. The van der Waals surface area contributed by atoms with Crippen molar-refractivity contribution in [3.05, 3.63) is 35.5 Å². The monoisotopic (exact) mass is 373 g/mol. The molecule has 144 valence electrons. The van der Waals surface area contributed by atoms with E-state index in [1.807, 2.05) is 18.2 Å². The molecule has 2 aromatic rings. The van der Waals surface area contributed by atoms with Crippen molar-refractivity contribution in [1.29, 1.82) is 0 Å². The Labute approximate surface area is 158 Å². The molecule has 0 spiro atoms. The number of hydrogen-bond donors (Lipinski definition) is 0. The molecule has 2 heterocycles. The Balaban J connectivity index is 1.96. The normalized spacial score (nSPS) is 16.1. The van der Waals surface area contributed by atoms with Gasteiger partial charge in [0, 0.05) is 18.2 Å². The lowest BCUT2D eigenvalue weighted by Gasteiger charge is -2.26. The lowest BCUT2D eigenvalue weighted by atomic mass is 10.0. The van der Waals surface area contributed by atoms with Crippen molar-refractivity contribution in [1.82, 2.24) is 14.9 Å². The number of nitrogens with zero attached hydrogens (tertiary/aromatic N) is 3. The molecule has 8 nitrogen and oxygen atoms in total. The molecule has 0 aliphatic carbocycles. The smallest absolute Gasteiger partial charge is 0.320 e. The molecular weight excluding hydrogens is 350 g/mol. The number of carbonyl (C=O) groups excluding carboxylic acids is 1. The molecule has 1 unspecified atom stereocenters. The number of ether oxygens (including phenoxy) is 4. The van der Waals surface area contributed by atoms with E-state index >= 15 is 0 Å². The van der Waals surface area contributed by atoms with E-state index < -0.39 is 0 Å². The molecule has 1 fully saturated rings. The first-order valence-corrected chi connectivity index (χ1v) is 8.61. The van der Waals surface area contributed by atoms with Gasteiger partial charge in [-0.05, 0) is 31.0 Å². The summed E-state index contributed by atoms with van der Waals surface area (Å²) in [6.45, 7) is 0.624. The molecule has 1 aromatic heterocycles. The molecule has 0 radical (unpaired) electrons. The third-order valence-corrected chi connectivity index (χ3v) is 4.60. The third-order valence-electron chi connectivity index (χ3n) is 4.60. The summed E-state index contributed by atoms with van der Waals surface area (Å²) in [7, 11) is 6.16. The molecule has 1 amide bonds. The van der Waals surface area contributed by atoms with Crippen LogP contribution >= 0.6 is 0 Å². The average Bonchev–Trinajstić information content (AvgIpc) is 3.21. The van der Waals surface area contributed by atoms with Crippen LogP contribution in [-0.2, 0) is 0 Å². The Kier molecular flexibility index (Phi) is 5.63. The number of rotatable bonds is 6. The lowest BCUT2D eigenvalue weighted by Crippen LogP contribution is -2.31. The predicted octanol–water partition coefficient (Wildman–Crippen LogP) is 2.49. The molecule has 1 atom stereocenters. The van der Waals surface area contributed by atoms with Gasteiger partial charge in [-0.25, -0.2) is 0 Å². The molecule has 1 saturated heterocycles. The van der Waals surface area contributed by atoms with Crippen molar-refractivity contribution in [3.8, 4) is 23.4 Å². The second-order valence-electron chi connectivity index (χ2n) is 6.05. The molecule has 0 N–H and O–H groups in total. The topological polar surface area (TPSA) is 83.0 Å². The Bertz CT molecular complexity index is 805. The molecule has 1 aliphatic rings. The highest BCUT2D eigenvalue weighted by Gasteiger charge is 2.34. The van der Waals surface area contributed by atoms with Gasteiger partial charge in [0.15, 0.2) is 0 Å². The predicted molar refractivity (Wildman–Crippen MR) is 97.7 cm³/mol. The van der Waals surface area contributed by atoms with Crippen LogP contribution in [0.4, 0.5) is 0 Å². The Morgan fingerprint density at radius 1 is 1.04 bits per heavy atom. The van der Waals surface area contributed by atoms with Gasteiger partial charge in [-0.1, -0.05) is 0 Å². The summed E-state index contributed by atoms with van der Waals surface area (Å²) in [5, 5.41) is 0. The van der Waals surface area contributed by atoms with E-state index in [0.717, 1.165) is 29.9 Å². The second kappa shape index (κ2) is 8.11. The van der Waals surface area contributed by atoms with Crippen LogP contribution in [0.25, 0.3) is 0 Å². The van der Waals surface area contributed by atoms with Crippen molar-refractivity contribution >= 4 is 5.91 Å². The van der Waals surface area contributed by atoms with Gasteiger partial charge < -0.3 is 23.8 Å². The van der Waals surface area contributed by atoms with Gasteiger partial charge in [0.2, 0.25) is 5.88 Å². The summed E-state index contributed by atoms with van der Waals surface area (Å²) in [5.41, 5.74) is 1.14. The molecule has 3 rings (SSSR count). The molecular formula is C19H23N3O5. The van der Waals surface area contributed by atoms with E-state index in [1.54, 1.807) is 19.1 Å². The van der Waals surface area contributed by atoms with Crippen molar-refractivity contribution in [2.24, 2.45) is 0 Å². The second-order valence-corrected chi connectivity index (χ2v) is 6.05. The fraction of sp³-hybridized carbons (Fsp3) is 0.421. The maximum atomic E-state index is 13.2. The summed E-state index contributed by atoms with van der Waals surface area (Å²) in [4.78, 5) is 23.2. The fourth-order valence-electron chi connectivity index (χ4n) is 3.29. The Hall–Kier alpha value is -3.03. The van der Waals surface area contributed by atoms with Gasteiger partial charge in [-0.3, -0.25) is 4.79 Å². The van der Waals surface area contributed by atoms with Crippen LogP contribution in [-0.4, -0.2) is 55.8 Å². The summed E-state index contributed by atoms with van der Waals surface area (Å²) < 4.78 is 21.1. The lowest BCUT2D eigenvalue weighted by molar-refractivity contribution is 0.0726. The molecule has 8 heteroatoms. The van der Waals surface area contributed by atoms with Crippen molar-refractivity contribution in [3.63, 3.8) is 0 Å². The summed E-state index contributed by atoms with van der Waals surface area (Å²) in [5.74, 6) is 1.51. The van der Waals surface area contributed by atoms with Crippen LogP contribution in [0.5, 0.6) is 23.4 Å². The molecule has 27 heavy (non-hydrogen) atoms. The van der Waals surface area contributed by atoms with Crippen LogP contribution in [0.2, 0.25) is 0 Å². The zero-order valence-corrected chi connectivity index (χ0v) is 15.9. The number of benzene rings is 1. The van der Waals surface area contributed by atoms with Gasteiger partial charge in [-0.15, -0.1) is 0 Å². The zero-order chi connectivity index (χ0) is 19.4. The number of aromatic nitrogens is 2. The average molecular weight is 373 g/mol. The van der Waals surface area contributed by atoms with Crippen LogP contribution in [0.3, 0.4) is 0 Å². The minimum atomic E-state index is -0.207. The number of methoxy groups -OCH3 is 4. The number of likely N-dealkylation sites (tertiary alicyclic amines) is 1. The highest BCUT2D eigenvalue weighted by Crippen LogP contribution is 2.39. The minimum absolute atomic E-state index is 0.0902. The van der Waals surface area contributed by atoms with E-state index in [1.165, 1.54) is 20.3 Å². The van der Waals surface area contributed by atoms with Crippen LogP contribution in [0.1, 0.15) is 34.9 Å². The van der Waals surface area contributed by atoms with Crippen molar-refractivity contribution in [2.75, 3.05) is 35.0 Å².